The summed E-state index contributed by atoms with van der Waals surface area (Å²) in [6, 6.07) is 18.2. The molecular weight excluding hydrogens is 336 g/mol. The van der Waals surface area contributed by atoms with Crippen LogP contribution in [0.3, 0.4) is 0 Å². The lowest BCUT2D eigenvalue weighted by molar-refractivity contribution is 0.0917. The van der Waals surface area contributed by atoms with Gasteiger partial charge in [-0.25, -0.2) is 9.67 Å². The van der Waals surface area contributed by atoms with Crippen molar-refractivity contribution >= 4 is 5.91 Å². The summed E-state index contributed by atoms with van der Waals surface area (Å²) in [5.74, 6) is 0.707. The highest BCUT2D eigenvalue weighted by Gasteiger charge is 2.22. The fraction of sp³-hybridized carbons (Fsp3) is 0.318. The van der Waals surface area contributed by atoms with Crippen molar-refractivity contribution < 1.29 is 4.79 Å². The Hall–Kier alpha value is -2.95. The van der Waals surface area contributed by atoms with Crippen LogP contribution >= 0.6 is 0 Å². The van der Waals surface area contributed by atoms with E-state index in [4.69, 9.17) is 0 Å². The number of nitrogens with zero attached hydrogens (tertiary/aromatic N) is 3. The summed E-state index contributed by atoms with van der Waals surface area (Å²) in [6.07, 6.45) is 5.67. The molecule has 1 N–H and O–H groups in total. The molecule has 0 unspecified atom stereocenters. The van der Waals surface area contributed by atoms with E-state index in [-0.39, 0.29) is 17.8 Å². The van der Waals surface area contributed by atoms with Crippen molar-refractivity contribution in [3.63, 3.8) is 0 Å². The summed E-state index contributed by atoms with van der Waals surface area (Å²) in [5, 5.41) is 7.66. The maximum absolute atomic E-state index is 12.7. The highest BCUT2D eigenvalue weighted by Crippen LogP contribution is 2.22. The average Bonchev–Trinajstić information content (AvgIpc) is 3.16. The molecule has 0 atom stereocenters. The molecule has 0 aliphatic heterocycles. The Labute approximate surface area is 159 Å². The van der Waals surface area contributed by atoms with Crippen LogP contribution in [-0.4, -0.2) is 26.7 Å². The Morgan fingerprint density at radius 1 is 1.00 bits per heavy atom. The molecule has 138 valence electrons. The molecule has 0 radical (unpaired) electrons. The van der Waals surface area contributed by atoms with Crippen LogP contribution in [0.2, 0.25) is 0 Å². The highest BCUT2D eigenvalue weighted by atomic mass is 16.2. The van der Waals surface area contributed by atoms with E-state index in [1.165, 1.54) is 24.8 Å². The lowest BCUT2D eigenvalue weighted by Crippen LogP contribution is -2.36. The van der Waals surface area contributed by atoms with Crippen molar-refractivity contribution in [2.75, 3.05) is 0 Å². The number of carbonyl (C=O) groups is 1. The molecule has 1 saturated carbocycles. The number of benzene rings is 2. The normalized spacial score (nSPS) is 14.9. The lowest BCUT2D eigenvalue weighted by Gasteiger charge is -2.21. The van der Waals surface area contributed by atoms with Gasteiger partial charge in [-0.05, 0) is 31.9 Å². The van der Waals surface area contributed by atoms with Crippen LogP contribution in [0.15, 0.2) is 54.6 Å². The zero-order valence-electron chi connectivity index (χ0n) is 15.6. The van der Waals surface area contributed by atoms with Gasteiger partial charge in [0.25, 0.3) is 5.91 Å². The molecule has 2 aromatic carbocycles. The van der Waals surface area contributed by atoms with Gasteiger partial charge in [0, 0.05) is 11.6 Å². The second kappa shape index (κ2) is 7.74. The van der Waals surface area contributed by atoms with Gasteiger partial charge in [-0.3, -0.25) is 4.79 Å². The Kier molecular flexibility index (Phi) is 5.01. The number of amides is 1. The largest absolute Gasteiger partial charge is 0.347 e. The molecule has 0 saturated heterocycles. The van der Waals surface area contributed by atoms with E-state index in [1.54, 1.807) is 4.68 Å². The van der Waals surface area contributed by atoms with Gasteiger partial charge in [-0.15, -0.1) is 5.10 Å². The predicted molar refractivity (Wildman–Crippen MR) is 106 cm³/mol. The molecule has 0 bridgehead atoms. The molecule has 4 rings (SSSR count). The topological polar surface area (TPSA) is 59.8 Å². The fourth-order valence-corrected chi connectivity index (χ4v) is 3.55. The maximum Gasteiger partial charge on any atom is 0.291 e. The summed E-state index contributed by atoms with van der Waals surface area (Å²) in [7, 11) is 0. The van der Waals surface area contributed by atoms with Gasteiger partial charge in [0.05, 0.1) is 5.69 Å². The van der Waals surface area contributed by atoms with E-state index in [0.717, 1.165) is 24.1 Å². The number of hydrogen-bond donors (Lipinski definition) is 1. The van der Waals surface area contributed by atoms with Crippen LogP contribution < -0.4 is 5.32 Å². The third kappa shape index (κ3) is 3.92. The SMILES string of the molecule is Cc1ccc(-n2nc(C(=O)NC3CCCCC3)nc2-c2ccccc2)cc1. The number of aryl methyl sites for hydroxylation is 1. The van der Waals surface area contributed by atoms with Crippen molar-refractivity contribution in [2.24, 2.45) is 0 Å². The molecule has 1 aliphatic rings. The summed E-state index contributed by atoms with van der Waals surface area (Å²) < 4.78 is 1.75. The Balaban J connectivity index is 1.69. The van der Waals surface area contributed by atoms with Gasteiger partial charge in [0.1, 0.15) is 0 Å². The van der Waals surface area contributed by atoms with Crippen molar-refractivity contribution in [3.05, 3.63) is 66.0 Å². The van der Waals surface area contributed by atoms with Crippen molar-refractivity contribution in [3.8, 4) is 17.1 Å². The molecule has 1 aliphatic carbocycles. The molecule has 1 amide bonds. The smallest absolute Gasteiger partial charge is 0.291 e. The summed E-state index contributed by atoms with van der Waals surface area (Å²) in [4.78, 5) is 17.3. The van der Waals surface area contributed by atoms with E-state index in [1.807, 2.05) is 61.5 Å². The predicted octanol–water partition coefficient (Wildman–Crippen LogP) is 4.31. The fourth-order valence-electron chi connectivity index (χ4n) is 3.55. The standard InChI is InChI=1S/C22H24N4O/c1-16-12-14-19(15-13-16)26-21(17-8-4-2-5-9-17)24-20(25-26)22(27)23-18-10-6-3-7-11-18/h2,4-5,8-9,12-15,18H,3,6-7,10-11H2,1H3,(H,23,27). The van der Waals surface area contributed by atoms with Crippen LogP contribution in [0.25, 0.3) is 17.1 Å². The molecule has 0 spiro atoms. The van der Waals surface area contributed by atoms with Gasteiger partial charge in [-0.1, -0.05) is 67.3 Å². The Bertz CT molecular complexity index is 909. The van der Waals surface area contributed by atoms with Crippen LogP contribution in [-0.2, 0) is 0 Å². The lowest BCUT2D eigenvalue weighted by atomic mass is 9.95. The van der Waals surface area contributed by atoms with E-state index >= 15 is 0 Å². The first kappa shape index (κ1) is 17.5. The van der Waals surface area contributed by atoms with Crippen molar-refractivity contribution in [2.45, 2.75) is 45.1 Å². The molecule has 3 aromatic rings. The monoisotopic (exact) mass is 360 g/mol. The Morgan fingerprint density at radius 2 is 1.70 bits per heavy atom. The first-order chi connectivity index (χ1) is 13.2. The molecular formula is C22H24N4O. The van der Waals surface area contributed by atoms with Gasteiger partial charge in [0.2, 0.25) is 5.82 Å². The minimum absolute atomic E-state index is 0.190. The molecule has 1 heterocycles. The number of hydrogen-bond acceptors (Lipinski definition) is 3. The zero-order chi connectivity index (χ0) is 18.6. The minimum Gasteiger partial charge on any atom is -0.347 e. The third-order valence-electron chi connectivity index (χ3n) is 5.06. The quantitative estimate of drug-likeness (QED) is 0.754. The van der Waals surface area contributed by atoms with Gasteiger partial charge < -0.3 is 5.32 Å². The number of carbonyl (C=O) groups excluding carboxylic acids is 1. The average molecular weight is 360 g/mol. The first-order valence-electron chi connectivity index (χ1n) is 9.61. The van der Waals surface area contributed by atoms with E-state index in [0.29, 0.717) is 5.82 Å². The number of nitrogens with one attached hydrogen (secondary N) is 1. The van der Waals surface area contributed by atoms with Crippen LogP contribution in [0.4, 0.5) is 0 Å². The third-order valence-corrected chi connectivity index (χ3v) is 5.06. The minimum atomic E-state index is -0.190. The second-order valence-corrected chi connectivity index (χ2v) is 7.18. The van der Waals surface area contributed by atoms with Gasteiger partial charge in [-0.2, -0.15) is 0 Å². The number of rotatable bonds is 4. The summed E-state index contributed by atoms with van der Waals surface area (Å²) in [6.45, 7) is 2.05. The summed E-state index contributed by atoms with van der Waals surface area (Å²) in [5.41, 5.74) is 3.00. The number of aromatic nitrogens is 3. The molecule has 1 fully saturated rings. The van der Waals surface area contributed by atoms with Gasteiger partial charge >= 0.3 is 0 Å². The summed E-state index contributed by atoms with van der Waals surface area (Å²) >= 11 is 0. The van der Waals surface area contributed by atoms with E-state index < -0.39 is 0 Å². The van der Waals surface area contributed by atoms with E-state index in [9.17, 15) is 4.79 Å². The molecule has 5 heteroatoms. The van der Waals surface area contributed by atoms with Crippen molar-refractivity contribution in [1.29, 1.82) is 0 Å². The molecule has 5 nitrogen and oxygen atoms in total. The van der Waals surface area contributed by atoms with E-state index in [2.05, 4.69) is 15.4 Å². The van der Waals surface area contributed by atoms with Gasteiger partial charge in [0.15, 0.2) is 5.82 Å². The maximum atomic E-state index is 12.7. The van der Waals surface area contributed by atoms with Crippen LogP contribution in [0, 0.1) is 6.92 Å². The highest BCUT2D eigenvalue weighted by molar-refractivity contribution is 5.91. The Morgan fingerprint density at radius 3 is 2.41 bits per heavy atom. The molecule has 27 heavy (non-hydrogen) atoms. The van der Waals surface area contributed by atoms with Crippen LogP contribution in [0.5, 0.6) is 0 Å². The first-order valence-corrected chi connectivity index (χ1v) is 9.61. The zero-order valence-corrected chi connectivity index (χ0v) is 15.6. The molecule has 1 aromatic heterocycles. The van der Waals surface area contributed by atoms with Crippen molar-refractivity contribution in [1.82, 2.24) is 20.1 Å². The van der Waals surface area contributed by atoms with Crippen LogP contribution in [0.1, 0.15) is 48.3 Å². The second-order valence-electron chi connectivity index (χ2n) is 7.18.